The molecule has 3 heterocycles. The van der Waals surface area contributed by atoms with Crippen LogP contribution in [0.25, 0.3) is 10.1 Å². The number of halogens is 4. The van der Waals surface area contributed by atoms with E-state index in [-0.39, 0.29) is 29.5 Å². The molecular formula is C30H32F4N4O3S. The van der Waals surface area contributed by atoms with Crippen LogP contribution in [0.2, 0.25) is 0 Å². The van der Waals surface area contributed by atoms with Gasteiger partial charge in [-0.2, -0.15) is 0 Å². The van der Waals surface area contributed by atoms with Gasteiger partial charge in [0.25, 0.3) is 12.3 Å². The Bertz CT molecular complexity index is 1490. The van der Waals surface area contributed by atoms with E-state index in [9.17, 15) is 22.4 Å². The highest BCUT2D eigenvalue weighted by atomic mass is 32.1. The molecule has 0 bridgehead atoms. The zero-order chi connectivity index (χ0) is 29.8. The number of fused-ring (bicyclic) bond motifs is 1. The second kappa shape index (κ2) is 13.2. The van der Waals surface area contributed by atoms with Crippen LogP contribution in [0.15, 0.2) is 36.4 Å². The number of carbonyl (C=O) groups is 1. The molecule has 42 heavy (non-hydrogen) atoms. The highest BCUT2D eigenvalue weighted by Gasteiger charge is 2.31. The van der Waals surface area contributed by atoms with Gasteiger partial charge in [-0.3, -0.25) is 4.79 Å². The van der Waals surface area contributed by atoms with Gasteiger partial charge in [0.05, 0.1) is 47.3 Å². The van der Waals surface area contributed by atoms with Gasteiger partial charge in [-0.15, -0.1) is 11.3 Å². The maximum atomic E-state index is 14.9. The Hall–Kier alpha value is -3.53. The lowest BCUT2D eigenvalue weighted by molar-refractivity contribution is -0.125. The molecule has 224 valence electrons. The SMILES string of the molecule is COc1cc(N2CCOCC2=O)ccc1NCC#Cc1sc2c(NC3CCN(C)CC3F)cccc2c1C(F)C(F)F. The number of rotatable bonds is 8. The van der Waals surface area contributed by atoms with E-state index in [2.05, 4.69) is 22.5 Å². The average Bonchev–Trinajstić information content (AvgIpc) is 3.35. The van der Waals surface area contributed by atoms with Crippen LogP contribution in [0.5, 0.6) is 5.75 Å². The molecular weight excluding hydrogens is 572 g/mol. The third-order valence-electron chi connectivity index (χ3n) is 7.39. The second-order valence-corrected chi connectivity index (χ2v) is 11.2. The minimum absolute atomic E-state index is 0.0228. The number of morpholine rings is 1. The molecule has 2 N–H and O–H groups in total. The first kappa shape index (κ1) is 29.9. The maximum Gasteiger partial charge on any atom is 0.273 e. The van der Waals surface area contributed by atoms with Crippen molar-refractivity contribution in [2.75, 3.05) is 69.1 Å². The Balaban J connectivity index is 1.37. The summed E-state index contributed by atoms with van der Waals surface area (Å²) >= 11 is 1.12. The van der Waals surface area contributed by atoms with E-state index in [1.54, 1.807) is 41.3 Å². The van der Waals surface area contributed by atoms with Crippen molar-refractivity contribution in [3.63, 3.8) is 0 Å². The first-order valence-corrected chi connectivity index (χ1v) is 14.4. The van der Waals surface area contributed by atoms with Crippen LogP contribution >= 0.6 is 11.3 Å². The molecule has 0 radical (unpaired) electrons. The average molecular weight is 605 g/mol. The van der Waals surface area contributed by atoms with Crippen molar-refractivity contribution in [2.45, 2.75) is 31.2 Å². The van der Waals surface area contributed by atoms with E-state index in [0.717, 1.165) is 17.9 Å². The van der Waals surface area contributed by atoms with Crippen molar-refractivity contribution < 1.29 is 31.8 Å². The number of methoxy groups -OCH3 is 1. The lowest BCUT2D eigenvalue weighted by Crippen LogP contribution is -2.46. The number of likely N-dealkylation sites (tertiary alicyclic amines) is 1. The number of amides is 1. The van der Waals surface area contributed by atoms with Crippen LogP contribution in [-0.2, 0) is 9.53 Å². The van der Waals surface area contributed by atoms with E-state index in [1.165, 1.54) is 7.11 Å². The van der Waals surface area contributed by atoms with E-state index in [1.807, 2.05) is 11.9 Å². The maximum absolute atomic E-state index is 14.9. The Morgan fingerprint density at radius 1 is 1.19 bits per heavy atom. The zero-order valence-corrected chi connectivity index (χ0v) is 24.1. The third-order valence-corrected chi connectivity index (χ3v) is 8.56. The van der Waals surface area contributed by atoms with E-state index in [4.69, 9.17) is 9.47 Å². The Morgan fingerprint density at radius 3 is 2.76 bits per heavy atom. The Kier molecular flexibility index (Phi) is 9.40. The number of ether oxygens (including phenoxy) is 2. The van der Waals surface area contributed by atoms with Gasteiger partial charge in [0.15, 0.2) is 6.17 Å². The number of benzene rings is 2. The smallest absolute Gasteiger partial charge is 0.273 e. The van der Waals surface area contributed by atoms with Crippen molar-refractivity contribution in [1.82, 2.24) is 4.90 Å². The van der Waals surface area contributed by atoms with Crippen molar-refractivity contribution in [2.24, 2.45) is 0 Å². The predicted molar refractivity (Wildman–Crippen MR) is 158 cm³/mol. The minimum Gasteiger partial charge on any atom is -0.495 e. The van der Waals surface area contributed by atoms with Gasteiger partial charge >= 0.3 is 0 Å². The highest BCUT2D eigenvalue weighted by Crippen LogP contribution is 2.42. The molecule has 1 amide bonds. The fourth-order valence-corrected chi connectivity index (χ4v) is 6.40. The van der Waals surface area contributed by atoms with Crippen molar-refractivity contribution in [3.05, 3.63) is 46.8 Å². The molecule has 0 saturated carbocycles. The molecule has 3 atom stereocenters. The van der Waals surface area contributed by atoms with Gasteiger partial charge < -0.3 is 29.9 Å². The summed E-state index contributed by atoms with van der Waals surface area (Å²) in [4.78, 5) is 15.9. The number of nitrogens with zero attached hydrogens (tertiary/aromatic N) is 2. The molecule has 0 aliphatic carbocycles. The molecule has 2 aliphatic rings. The summed E-state index contributed by atoms with van der Waals surface area (Å²) < 4.78 is 68.1. The molecule has 3 aromatic rings. The van der Waals surface area contributed by atoms with E-state index >= 15 is 0 Å². The summed E-state index contributed by atoms with van der Waals surface area (Å²) in [6.07, 6.45) is -6.25. The highest BCUT2D eigenvalue weighted by molar-refractivity contribution is 7.20. The summed E-state index contributed by atoms with van der Waals surface area (Å²) in [6.45, 7) is 2.05. The van der Waals surface area contributed by atoms with Gasteiger partial charge in [0, 0.05) is 42.3 Å². The quantitative estimate of drug-likeness (QED) is 0.263. The molecule has 7 nitrogen and oxygen atoms in total. The number of alkyl halides is 4. The Morgan fingerprint density at radius 2 is 2.02 bits per heavy atom. The number of anilines is 3. The Labute approximate surface area is 245 Å². The molecule has 2 aromatic carbocycles. The van der Waals surface area contributed by atoms with Crippen LogP contribution in [0.3, 0.4) is 0 Å². The topological polar surface area (TPSA) is 66.1 Å². The van der Waals surface area contributed by atoms with E-state index < -0.39 is 24.8 Å². The van der Waals surface area contributed by atoms with Gasteiger partial charge in [-0.1, -0.05) is 24.0 Å². The molecule has 2 fully saturated rings. The number of nitrogens with one attached hydrogen (secondary N) is 2. The van der Waals surface area contributed by atoms with E-state index in [0.29, 0.717) is 59.0 Å². The summed E-state index contributed by atoms with van der Waals surface area (Å²) in [5, 5.41) is 6.70. The molecule has 3 unspecified atom stereocenters. The number of hydrogen-bond acceptors (Lipinski definition) is 7. The number of thiophene rings is 1. The van der Waals surface area contributed by atoms with Crippen molar-refractivity contribution >= 4 is 44.4 Å². The predicted octanol–water partition coefficient (Wildman–Crippen LogP) is 5.47. The molecule has 0 spiro atoms. The summed E-state index contributed by atoms with van der Waals surface area (Å²) in [5.74, 6) is 6.14. The fraction of sp³-hybridized carbons (Fsp3) is 0.433. The van der Waals surface area contributed by atoms with Crippen molar-refractivity contribution in [3.8, 4) is 17.6 Å². The largest absolute Gasteiger partial charge is 0.495 e. The fourth-order valence-electron chi connectivity index (χ4n) is 5.21. The van der Waals surface area contributed by atoms with Crippen molar-refractivity contribution in [1.29, 1.82) is 0 Å². The normalized spacial score (nSPS) is 20.4. The lowest BCUT2D eigenvalue weighted by atomic mass is 10.0. The van der Waals surface area contributed by atoms with Crippen LogP contribution in [0, 0.1) is 11.8 Å². The number of carbonyl (C=O) groups excluding carboxylic acids is 1. The minimum atomic E-state index is -3.22. The summed E-state index contributed by atoms with van der Waals surface area (Å²) in [5.41, 5.74) is 1.72. The lowest BCUT2D eigenvalue weighted by Gasteiger charge is -2.33. The van der Waals surface area contributed by atoms with Gasteiger partial charge in [-0.25, -0.2) is 17.6 Å². The summed E-state index contributed by atoms with van der Waals surface area (Å²) in [6, 6.07) is 9.84. The molecule has 2 aliphatic heterocycles. The summed E-state index contributed by atoms with van der Waals surface area (Å²) in [7, 11) is 3.37. The molecule has 12 heteroatoms. The first-order chi connectivity index (χ1) is 20.3. The first-order valence-electron chi connectivity index (χ1n) is 13.6. The van der Waals surface area contributed by atoms with Crippen LogP contribution < -0.4 is 20.3 Å². The second-order valence-electron chi connectivity index (χ2n) is 10.2. The van der Waals surface area contributed by atoms with Crippen LogP contribution in [0.1, 0.15) is 23.0 Å². The number of hydrogen-bond donors (Lipinski definition) is 2. The van der Waals surface area contributed by atoms with Gasteiger partial charge in [0.2, 0.25) is 0 Å². The van der Waals surface area contributed by atoms with Gasteiger partial charge in [0.1, 0.15) is 18.5 Å². The van der Waals surface area contributed by atoms with Crippen LogP contribution in [-0.4, -0.2) is 83.0 Å². The standard InChI is InChI=1S/C30H32F4N4O3S/c1-37-12-10-21(20(31)16-37)36-23-6-3-5-19-27(28(32)30(33)34)25(42-29(19)23)7-4-11-35-22-9-8-18(15-24(22)40-2)38-13-14-41-17-26(38)39/h3,5-6,8-9,15,20-21,28,30,35-36H,10-14,16-17H2,1-2H3. The molecule has 5 rings (SSSR count). The number of piperidine rings is 1. The monoisotopic (exact) mass is 604 g/mol. The molecule has 1 aromatic heterocycles. The third kappa shape index (κ3) is 6.43. The zero-order valence-electron chi connectivity index (χ0n) is 23.3. The molecule has 2 saturated heterocycles. The van der Waals surface area contributed by atoms with Gasteiger partial charge in [-0.05, 0) is 31.7 Å². The van der Waals surface area contributed by atoms with Crippen LogP contribution in [0.4, 0.5) is 34.6 Å².